The summed E-state index contributed by atoms with van der Waals surface area (Å²) in [4.78, 5) is 0. The summed E-state index contributed by atoms with van der Waals surface area (Å²) in [5.74, 6) is 0. The van der Waals surface area contributed by atoms with Gasteiger partial charge in [0, 0.05) is 0 Å². The second-order valence-corrected chi connectivity index (χ2v) is 21.9. The molecule has 0 saturated heterocycles. The van der Waals surface area contributed by atoms with Crippen molar-refractivity contribution in [1.29, 1.82) is 0 Å². The number of halogens is 4. The van der Waals surface area contributed by atoms with Crippen molar-refractivity contribution in [1.82, 2.24) is 0 Å². The van der Waals surface area contributed by atoms with E-state index in [0.29, 0.717) is 0 Å². The van der Waals surface area contributed by atoms with Crippen LogP contribution in [0.5, 0.6) is 0 Å². The molecule has 3 rings (SSSR count). The average Bonchev–Trinajstić information content (AvgIpc) is 2.61. The van der Waals surface area contributed by atoms with E-state index >= 15 is 0 Å². The molecule has 0 aliphatic carbocycles. The monoisotopic (exact) mass is 590 g/mol. The summed E-state index contributed by atoms with van der Waals surface area (Å²) in [7, 11) is 0. The van der Waals surface area contributed by atoms with Gasteiger partial charge >= 0.3 is 177 Å². The summed E-state index contributed by atoms with van der Waals surface area (Å²) >= 11 is 16.0. The van der Waals surface area contributed by atoms with Crippen LogP contribution in [0.1, 0.15) is 5.56 Å². The molecule has 0 radical (unpaired) electrons. The number of aryl methyl sites for hydroxylation is 1. The Balaban J connectivity index is 2.44. The molecule has 0 N–H and O–H groups in total. The average molecular weight is 594 g/mol. The van der Waals surface area contributed by atoms with Crippen LogP contribution >= 0.6 is 66.8 Å². The van der Waals surface area contributed by atoms with Crippen molar-refractivity contribution in [2.24, 2.45) is 0 Å². The van der Waals surface area contributed by atoms with Gasteiger partial charge in [0.1, 0.15) is 0 Å². The van der Waals surface area contributed by atoms with Crippen molar-refractivity contribution in [3.05, 3.63) is 87.3 Å². The van der Waals surface area contributed by atoms with Crippen LogP contribution in [0.3, 0.4) is 0 Å². The molecule has 0 bridgehead atoms. The van der Waals surface area contributed by atoms with E-state index in [9.17, 15) is 0 Å². The van der Waals surface area contributed by atoms with Crippen LogP contribution < -0.4 is 15.9 Å². The summed E-state index contributed by atoms with van der Waals surface area (Å²) in [6.45, 7) is 2.10. The Morgan fingerprint density at radius 1 is 0.625 bits per heavy atom. The fraction of sp³-hybridized carbons (Fsp3) is 0.0526. The van der Waals surface area contributed by atoms with E-state index in [4.69, 9.17) is 0 Å². The van der Waals surface area contributed by atoms with E-state index in [1.54, 1.807) is 0 Å². The summed E-state index contributed by atoms with van der Waals surface area (Å²) in [5.41, 5.74) is 1.20. The topological polar surface area (TPSA) is 0 Å². The number of hydrogen-bond acceptors (Lipinski definition) is 0. The van der Waals surface area contributed by atoms with Crippen LogP contribution in [0.2, 0.25) is 0 Å². The maximum absolute atomic E-state index is 4.22. The Bertz CT molecular complexity index is 833. The molecule has 5 heteroatoms. The van der Waals surface area contributed by atoms with Crippen LogP contribution in [-0.4, -0.2) is 0 Å². The molecule has 0 atom stereocenters. The Labute approximate surface area is 175 Å². The molecule has 124 valence electrons. The normalized spacial score (nSPS) is 13.3. The molecule has 0 fully saturated rings. The fourth-order valence-electron chi connectivity index (χ4n) is 2.75. The second-order valence-electron chi connectivity index (χ2n) is 5.61. The molecule has 0 amide bonds. The number of benzene rings is 3. The van der Waals surface area contributed by atoms with E-state index < -0.39 is 4.01 Å². The predicted molar refractivity (Wildman–Crippen MR) is 123 cm³/mol. The molecule has 3 aromatic rings. The molecule has 0 unspecified atom stereocenters. The molecule has 0 saturated carbocycles. The molecule has 0 aromatic heterocycles. The van der Waals surface area contributed by atoms with Crippen molar-refractivity contribution in [2.75, 3.05) is 0 Å². The van der Waals surface area contributed by atoms with Crippen LogP contribution in [-0.2, 0) is 0 Å². The Morgan fingerprint density at radius 3 is 1.54 bits per heavy atom. The third kappa shape index (κ3) is 2.99. The van der Waals surface area contributed by atoms with Crippen LogP contribution in [0, 0.1) is 6.92 Å². The first-order valence-corrected chi connectivity index (χ1v) is 15.2. The predicted octanol–water partition coefficient (Wildman–Crippen LogP) is 6.97. The molecule has 3 aromatic carbocycles. The SMILES string of the molecule is Cc1ccc(P(Br)(Br)(c2ccccc2)c2ccccc2)c(Br)c1Br. The molecule has 24 heavy (non-hydrogen) atoms. The zero-order valence-electron chi connectivity index (χ0n) is 12.9. The Morgan fingerprint density at radius 2 is 1.08 bits per heavy atom. The van der Waals surface area contributed by atoms with E-state index in [1.807, 2.05) is 12.1 Å². The molecule has 0 nitrogen and oxygen atoms in total. The van der Waals surface area contributed by atoms with Gasteiger partial charge < -0.3 is 0 Å². The standard InChI is InChI=1S/C19H15Br4P/c1-14-12-13-17(19(21)18(14)20)24(22,23,15-8-4-2-5-9-15)16-10-6-3-7-11-16/h2-13H,1H3. The van der Waals surface area contributed by atoms with Gasteiger partial charge in [0.2, 0.25) is 0 Å². The van der Waals surface area contributed by atoms with Gasteiger partial charge in [0.15, 0.2) is 0 Å². The van der Waals surface area contributed by atoms with Crippen LogP contribution in [0.4, 0.5) is 0 Å². The van der Waals surface area contributed by atoms with Crippen LogP contribution in [0.25, 0.3) is 0 Å². The quantitative estimate of drug-likeness (QED) is 0.288. The minimum atomic E-state index is -2.93. The van der Waals surface area contributed by atoms with Crippen LogP contribution in [0.15, 0.2) is 81.7 Å². The van der Waals surface area contributed by atoms with E-state index in [1.165, 1.54) is 21.5 Å². The summed E-state index contributed by atoms with van der Waals surface area (Å²) in [5, 5.41) is 3.66. The van der Waals surface area contributed by atoms with Crippen molar-refractivity contribution < 1.29 is 0 Å². The zero-order chi connectivity index (χ0) is 17.4. The summed E-state index contributed by atoms with van der Waals surface area (Å²) in [6, 6.07) is 25.5. The van der Waals surface area contributed by atoms with Gasteiger partial charge in [-0.25, -0.2) is 0 Å². The molecule has 0 aliphatic heterocycles. The molecule has 0 aliphatic rings. The summed E-state index contributed by atoms with van der Waals surface area (Å²) < 4.78 is -0.778. The Kier molecular flexibility index (Phi) is 5.45. The van der Waals surface area contributed by atoms with Crippen molar-refractivity contribution in [3.63, 3.8) is 0 Å². The Hall–Kier alpha value is 0.01000. The molecular weight excluding hydrogens is 579 g/mol. The van der Waals surface area contributed by atoms with Gasteiger partial charge in [-0.2, -0.15) is 0 Å². The third-order valence-electron chi connectivity index (χ3n) is 4.10. The molecular formula is C19H15Br4P. The molecule has 0 heterocycles. The van der Waals surface area contributed by atoms with Gasteiger partial charge in [0.05, 0.1) is 0 Å². The number of hydrogen-bond donors (Lipinski definition) is 0. The van der Waals surface area contributed by atoms with E-state index in [2.05, 4.69) is 130 Å². The van der Waals surface area contributed by atoms with Crippen molar-refractivity contribution in [2.45, 2.75) is 6.92 Å². The van der Waals surface area contributed by atoms with Crippen molar-refractivity contribution in [3.8, 4) is 0 Å². The van der Waals surface area contributed by atoms with Crippen molar-refractivity contribution >= 4 is 82.8 Å². The van der Waals surface area contributed by atoms with E-state index in [0.717, 1.165) is 8.95 Å². The van der Waals surface area contributed by atoms with Gasteiger partial charge in [-0.3, -0.25) is 0 Å². The first-order valence-electron chi connectivity index (χ1n) is 7.37. The maximum atomic E-state index is 4.22. The number of rotatable bonds is 3. The van der Waals surface area contributed by atoms with Gasteiger partial charge in [-0.15, -0.1) is 0 Å². The van der Waals surface area contributed by atoms with E-state index in [-0.39, 0.29) is 0 Å². The first-order chi connectivity index (χ1) is 11.4. The van der Waals surface area contributed by atoms with Gasteiger partial charge in [-0.05, 0) is 0 Å². The van der Waals surface area contributed by atoms with Gasteiger partial charge in [0.25, 0.3) is 0 Å². The van der Waals surface area contributed by atoms with Gasteiger partial charge in [-0.1, -0.05) is 0 Å². The minimum absolute atomic E-state index is 1.07. The molecule has 0 spiro atoms. The summed E-state index contributed by atoms with van der Waals surface area (Å²) in [6.07, 6.45) is 0. The first kappa shape index (κ1) is 18.8. The second kappa shape index (κ2) is 6.96. The third-order valence-corrected chi connectivity index (χ3v) is 17.6. The fourth-order valence-corrected chi connectivity index (χ4v) is 13.8. The zero-order valence-corrected chi connectivity index (χ0v) is 20.1.